The van der Waals surface area contributed by atoms with Crippen LogP contribution in [0.15, 0.2) is 0 Å². The molecular formula is C15H31N3O. The van der Waals surface area contributed by atoms with Crippen molar-refractivity contribution in [2.24, 2.45) is 0 Å². The molecule has 19 heavy (non-hydrogen) atoms. The maximum Gasteiger partial charge on any atom is 0.237 e. The van der Waals surface area contributed by atoms with Crippen molar-refractivity contribution < 1.29 is 4.79 Å². The van der Waals surface area contributed by atoms with Crippen molar-refractivity contribution in [1.82, 2.24) is 15.5 Å². The van der Waals surface area contributed by atoms with Crippen molar-refractivity contribution >= 4 is 5.91 Å². The Morgan fingerprint density at radius 1 is 1.32 bits per heavy atom. The van der Waals surface area contributed by atoms with Gasteiger partial charge in [0.25, 0.3) is 0 Å². The van der Waals surface area contributed by atoms with Crippen LogP contribution in [0.2, 0.25) is 0 Å². The second-order valence-electron chi connectivity index (χ2n) is 6.83. The fourth-order valence-corrected chi connectivity index (χ4v) is 2.56. The summed E-state index contributed by atoms with van der Waals surface area (Å²) >= 11 is 0. The second kappa shape index (κ2) is 7.25. The smallest absolute Gasteiger partial charge is 0.237 e. The molecule has 1 saturated carbocycles. The van der Waals surface area contributed by atoms with Gasteiger partial charge in [0.15, 0.2) is 0 Å². The quantitative estimate of drug-likeness (QED) is 0.772. The molecule has 1 atom stereocenters. The minimum Gasteiger partial charge on any atom is -0.350 e. The summed E-state index contributed by atoms with van der Waals surface area (Å²) in [5.41, 5.74) is -0.159. The lowest BCUT2D eigenvalue weighted by atomic mass is 10.1. The van der Waals surface area contributed by atoms with Crippen molar-refractivity contribution in [2.75, 3.05) is 20.1 Å². The minimum atomic E-state index is -0.159. The van der Waals surface area contributed by atoms with Crippen LogP contribution in [0.4, 0.5) is 0 Å². The summed E-state index contributed by atoms with van der Waals surface area (Å²) in [6, 6.07) is 0.622. The van der Waals surface area contributed by atoms with Gasteiger partial charge in [-0.3, -0.25) is 4.79 Å². The predicted molar refractivity (Wildman–Crippen MR) is 80.2 cm³/mol. The Morgan fingerprint density at radius 3 is 2.42 bits per heavy atom. The van der Waals surface area contributed by atoms with Gasteiger partial charge in [0.2, 0.25) is 5.91 Å². The zero-order chi connectivity index (χ0) is 14.5. The summed E-state index contributed by atoms with van der Waals surface area (Å²) in [5, 5.41) is 6.30. The molecule has 1 unspecified atom stereocenters. The highest BCUT2D eigenvalue weighted by molar-refractivity contribution is 5.81. The lowest BCUT2D eigenvalue weighted by molar-refractivity contribution is -0.124. The van der Waals surface area contributed by atoms with Gasteiger partial charge < -0.3 is 15.5 Å². The molecular weight excluding hydrogens is 238 g/mol. The Labute approximate surface area is 118 Å². The fraction of sp³-hybridized carbons (Fsp3) is 0.933. The van der Waals surface area contributed by atoms with Gasteiger partial charge in [0.05, 0.1) is 6.04 Å². The van der Waals surface area contributed by atoms with Gasteiger partial charge in [0, 0.05) is 24.7 Å². The molecule has 0 aromatic carbocycles. The molecule has 0 saturated heterocycles. The highest BCUT2D eigenvalue weighted by Gasteiger charge is 2.21. The first-order chi connectivity index (χ1) is 8.79. The third-order valence-corrected chi connectivity index (χ3v) is 3.75. The highest BCUT2D eigenvalue weighted by atomic mass is 16.2. The molecule has 2 N–H and O–H groups in total. The summed E-state index contributed by atoms with van der Waals surface area (Å²) in [7, 11) is 2.19. The third kappa shape index (κ3) is 6.39. The molecule has 1 amide bonds. The molecule has 1 rings (SSSR count). The van der Waals surface area contributed by atoms with Crippen LogP contribution in [0, 0.1) is 0 Å². The predicted octanol–water partition coefficient (Wildman–Crippen LogP) is 1.75. The number of rotatable bonds is 6. The van der Waals surface area contributed by atoms with Crippen LogP contribution in [-0.2, 0) is 4.79 Å². The van der Waals surface area contributed by atoms with Gasteiger partial charge in [0.1, 0.15) is 0 Å². The monoisotopic (exact) mass is 269 g/mol. The summed E-state index contributed by atoms with van der Waals surface area (Å²) in [4.78, 5) is 14.3. The van der Waals surface area contributed by atoms with Crippen LogP contribution in [0.25, 0.3) is 0 Å². The van der Waals surface area contributed by atoms with Crippen LogP contribution in [0.1, 0.15) is 53.4 Å². The van der Waals surface area contributed by atoms with E-state index in [1.807, 2.05) is 27.7 Å². The first-order valence-electron chi connectivity index (χ1n) is 7.55. The largest absolute Gasteiger partial charge is 0.350 e. The van der Waals surface area contributed by atoms with Crippen molar-refractivity contribution in [1.29, 1.82) is 0 Å². The lowest BCUT2D eigenvalue weighted by Crippen LogP contribution is -2.50. The molecule has 4 heteroatoms. The van der Waals surface area contributed by atoms with E-state index >= 15 is 0 Å². The van der Waals surface area contributed by atoms with E-state index in [-0.39, 0.29) is 17.5 Å². The van der Waals surface area contributed by atoms with E-state index in [4.69, 9.17) is 0 Å². The molecule has 112 valence electrons. The van der Waals surface area contributed by atoms with Crippen molar-refractivity contribution in [3.8, 4) is 0 Å². The molecule has 0 radical (unpaired) electrons. The Kier molecular flexibility index (Phi) is 6.27. The molecule has 1 aliphatic rings. The first kappa shape index (κ1) is 16.4. The van der Waals surface area contributed by atoms with E-state index in [0.29, 0.717) is 0 Å². The minimum absolute atomic E-state index is 0.0796. The lowest BCUT2D eigenvalue weighted by Gasteiger charge is -2.26. The molecule has 0 aromatic rings. The second-order valence-corrected chi connectivity index (χ2v) is 6.83. The zero-order valence-electron chi connectivity index (χ0n) is 13.3. The summed E-state index contributed by atoms with van der Waals surface area (Å²) in [6.07, 6.45) is 5.40. The number of hydrogen-bond donors (Lipinski definition) is 2. The summed E-state index contributed by atoms with van der Waals surface area (Å²) in [5.74, 6) is 0.0796. The van der Waals surface area contributed by atoms with E-state index in [0.717, 1.165) is 19.1 Å². The fourth-order valence-electron chi connectivity index (χ4n) is 2.56. The van der Waals surface area contributed by atoms with Gasteiger partial charge in [-0.2, -0.15) is 0 Å². The summed E-state index contributed by atoms with van der Waals surface area (Å²) < 4.78 is 0. The molecule has 0 heterocycles. The van der Waals surface area contributed by atoms with E-state index < -0.39 is 0 Å². The molecule has 4 nitrogen and oxygen atoms in total. The molecule has 0 spiro atoms. The number of hydrogen-bond acceptors (Lipinski definition) is 3. The third-order valence-electron chi connectivity index (χ3n) is 3.75. The maximum atomic E-state index is 11.9. The average Bonchev–Trinajstić information content (AvgIpc) is 2.79. The van der Waals surface area contributed by atoms with Crippen molar-refractivity contribution in [3.63, 3.8) is 0 Å². The van der Waals surface area contributed by atoms with E-state index in [2.05, 4.69) is 22.6 Å². The number of amides is 1. The van der Waals surface area contributed by atoms with Crippen LogP contribution < -0.4 is 10.6 Å². The van der Waals surface area contributed by atoms with E-state index in [1.54, 1.807) is 0 Å². The zero-order valence-corrected chi connectivity index (χ0v) is 13.3. The van der Waals surface area contributed by atoms with Gasteiger partial charge >= 0.3 is 0 Å². The number of carbonyl (C=O) groups is 1. The van der Waals surface area contributed by atoms with Crippen LogP contribution in [0.3, 0.4) is 0 Å². The SMILES string of the molecule is CC(NCCN(C)C1CCCC1)C(=O)NC(C)(C)C. The number of likely N-dealkylation sites (N-methyl/N-ethyl adjacent to an activating group) is 1. The summed E-state index contributed by atoms with van der Waals surface area (Å²) in [6.45, 7) is 9.82. The molecule has 0 bridgehead atoms. The number of nitrogens with zero attached hydrogens (tertiary/aromatic N) is 1. The van der Waals surface area contributed by atoms with Crippen LogP contribution in [-0.4, -0.2) is 48.6 Å². The Morgan fingerprint density at radius 2 is 1.89 bits per heavy atom. The van der Waals surface area contributed by atoms with Gasteiger partial charge in [-0.1, -0.05) is 12.8 Å². The molecule has 0 aliphatic heterocycles. The number of nitrogens with one attached hydrogen (secondary N) is 2. The first-order valence-corrected chi connectivity index (χ1v) is 7.55. The maximum absolute atomic E-state index is 11.9. The normalized spacial score (nSPS) is 18.8. The van der Waals surface area contributed by atoms with Crippen LogP contribution >= 0.6 is 0 Å². The van der Waals surface area contributed by atoms with Crippen LogP contribution in [0.5, 0.6) is 0 Å². The molecule has 1 aliphatic carbocycles. The topological polar surface area (TPSA) is 44.4 Å². The van der Waals surface area contributed by atoms with Crippen molar-refractivity contribution in [2.45, 2.75) is 71.0 Å². The average molecular weight is 269 g/mol. The Bertz CT molecular complexity index is 280. The standard InChI is InChI=1S/C15H31N3O/c1-12(14(19)17-15(2,3)4)16-10-11-18(5)13-8-6-7-9-13/h12-13,16H,6-11H2,1-5H3,(H,17,19). The van der Waals surface area contributed by atoms with E-state index in [9.17, 15) is 4.79 Å². The molecule has 0 aromatic heterocycles. The van der Waals surface area contributed by atoms with Gasteiger partial charge in [-0.05, 0) is 47.6 Å². The van der Waals surface area contributed by atoms with Gasteiger partial charge in [-0.25, -0.2) is 0 Å². The van der Waals surface area contributed by atoms with Crippen molar-refractivity contribution in [3.05, 3.63) is 0 Å². The van der Waals surface area contributed by atoms with E-state index in [1.165, 1.54) is 25.7 Å². The van der Waals surface area contributed by atoms with Gasteiger partial charge in [-0.15, -0.1) is 0 Å². The Hall–Kier alpha value is -0.610. The number of carbonyl (C=O) groups excluding carboxylic acids is 1. The Balaban J connectivity index is 2.19. The molecule has 1 fully saturated rings. The highest BCUT2D eigenvalue weighted by Crippen LogP contribution is 2.21.